The zero-order valence-corrected chi connectivity index (χ0v) is 3.44. The van der Waals surface area contributed by atoms with Gasteiger partial charge in [0, 0.05) is 0 Å². The second-order valence-electron chi connectivity index (χ2n) is 0.805. The maximum atomic E-state index is 5.05. The summed E-state index contributed by atoms with van der Waals surface area (Å²) in [6, 6.07) is 0. The van der Waals surface area contributed by atoms with Gasteiger partial charge in [-0.25, -0.2) is 0 Å². The molecule has 0 aromatic heterocycles. The molecule has 0 nitrogen and oxygen atoms in total. The minimum absolute atomic E-state index is 0.663. The molecular weight excluding hydrogens is 58.9 g/mol. The topological polar surface area (TPSA) is 0 Å². The third kappa shape index (κ3) is 3.80. The van der Waals surface area contributed by atoms with Gasteiger partial charge in [-0.05, 0) is 6.92 Å². The van der Waals surface area contributed by atoms with Crippen molar-refractivity contribution in [3.8, 4) is 0 Å². The Morgan fingerprint density at radius 3 is 2.40 bits per heavy atom. The lowest BCUT2D eigenvalue weighted by Gasteiger charge is -1.64. The van der Waals surface area contributed by atoms with E-state index in [9.17, 15) is 0 Å². The third-order valence-corrected chi connectivity index (χ3v) is 0.372. The van der Waals surface area contributed by atoms with Crippen LogP contribution in [-0.4, -0.2) is 7.85 Å². The monoisotopic (exact) mass is 66.1 g/mol. The van der Waals surface area contributed by atoms with Gasteiger partial charge < -0.3 is 0 Å². The smallest absolute Gasteiger partial charge is 0.0708 e. The van der Waals surface area contributed by atoms with E-state index in [2.05, 4.69) is 0 Å². The molecule has 26 valence electrons. The van der Waals surface area contributed by atoms with Gasteiger partial charge in [0.1, 0.15) is 0 Å². The highest BCUT2D eigenvalue weighted by Gasteiger charge is 1.52. The largest absolute Gasteiger partial charge is 0.0974 e. The standard InChI is InChI=1S/C4H7B/c1-2-3-4-5/h2-3H,4H2,1H3. The van der Waals surface area contributed by atoms with Gasteiger partial charge in [-0.3, -0.25) is 0 Å². The van der Waals surface area contributed by atoms with Crippen LogP contribution in [0, 0.1) is 0 Å². The summed E-state index contributed by atoms with van der Waals surface area (Å²) in [5.74, 6) is 0. The maximum absolute atomic E-state index is 5.05. The minimum atomic E-state index is 0.663. The van der Waals surface area contributed by atoms with E-state index in [4.69, 9.17) is 7.85 Å². The molecule has 0 atom stereocenters. The zero-order valence-electron chi connectivity index (χ0n) is 3.44. The van der Waals surface area contributed by atoms with Crippen molar-refractivity contribution in [3.05, 3.63) is 12.2 Å². The van der Waals surface area contributed by atoms with Gasteiger partial charge in [-0.1, -0.05) is 18.5 Å². The summed E-state index contributed by atoms with van der Waals surface area (Å²) in [6.07, 6.45) is 4.50. The van der Waals surface area contributed by atoms with Crippen LogP contribution >= 0.6 is 0 Å². The first kappa shape index (κ1) is 4.80. The molecule has 0 heterocycles. The fraction of sp³-hybridized carbons (Fsp3) is 0.500. The van der Waals surface area contributed by atoms with E-state index >= 15 is 0 Å². The molecular formula is C4H7B. The Bertz CT molecular complexity index is 30.6. The zero-order chi connectivity index (χ0) is 4.12. The molecule has 0 aliphatic rings. The quantitative estimate of drug-likeness (QED) is 0.318. The van der Waals surface area contributed by atoms with Crippen molar-refractivity contribution in [2.75, 3.05) is 0 Å². The molecule has 0 saturated heterocycles. The van der Waals surface area contributed by atoms with Crippen molar-refractivity contribution >= 4 is 7.85 Å². The maximum Gasteiger partial charge on any atom is 0.0708 e. The van der Waals surface area contributed by atoms with Crippen LogP contribution in [0.1, 0.15) is 6.92 Å². The molecule has 0 fully saturated rings. The predicted molar refractivity (Wildman–Crippen MR) is 25.4 cm³/mol. The van der Waals surface area contributed by atoms with E-state index in [1.54, 1.807) is 0 Å². The third-order valence-electron chi connectivity index (χ3n) is 0.372. The van der Waals surface area contributed by atoms with Gasteiger partial charge in [-0.15, -0.1) is 0 Å². The Balaban J connectivity index is 2.62. The van der Waals surface area contributed by atoms with E-state index in [-0.39, 0.29) is 0 Å². The van der Waals surface area contributed by atoms with Crippen LogP contribution in [0.5, 0.6) is 0 Å². The van der Waals surface area contributed by atoms with Crippen molar-refractivity contribution in [2.24, 2.45) is 0 Å². The molecule has 0 aliphatic heterocycles. The fourth-order valence-electron chi connectivity index (χ4n) is 0.136. The van der Waals surface area contributed by atoms with Gasteiger partial charge in [0.25, 0.3) is 0 Å². The van der Waals surface area contributed by atoms with Gasteiger partial charge in [0.05, 0.1) is 7.85 Å². The van der Waals surface area contributed by atoms with Gasteiger partial charge >= 0.3 is 0 Å². The van der Waals surface area contributed by atoms with Gasteiger partial charge in [0.2, 0.25) is 0 Å². The normalized spacial score (nSPS) is 9.80. The molecule has 0 aromatic rings. The summed E-state index contributed by atoms with van der Waals surface area (Å²) in [5.41, 5.74) is 0. The summed E-state index contributed by atoms with van der Waals surface area (Å²) in [5, 5.41) is 0. The van der Waals surface area contributed by atoms with Crippen LogP contribution in [0.15, 0.2) is 12.2 Å². The number of allylic oxidation sites excluding steroid dienone is 2. The summed E-state index contributed by atoms with van der Waals surface area (Å²) in [6.45, 7) is 1.95. The number of hydrogen-bond acceptors (Lipinski definition) is 0. The summed E-state index contributed by atoms with van der Waals surface area (Å²) >= 11 is 0. The van der Waals surface area contributed by atoms with Crippen molar-refractivity contribution < 1.29 is 0 Å². The average molecular weight is 65.9 g/mol. The SMILES string of the molecule is [B]CC=CC. The molecule has 5 heavy (non-hydrogen) atoms. The highest BCUT2D eigenvalue weighted by Crippen LogP contribution is 1.70. The lowest BCUT2D eigenvalue weighted by atomic mass is 10.1. The Morgan fingerprint density at radius 1 is 1.80 bits per heavy atom. The van der Waals surface area contributed by atoms with Crippen LogP contribution in [0.4, 0.5) is 0 Å². The molecule has 0 aromatic carbocycles. The van der Waals surface area contributed by atoms with E-state index in [0.29, 0.717) is 6.32 Å². The molecule has 0 spiro atoms. The summed E-state index contributed by atoms with van der Waals surface area (Å²) in [4.78, 5) is 0. The molecule has 0 saturated carbocycles. The second kappa shape index (κ2) is 3.80. The van der Waals surface area contributed by atoms with E-state index in [1.807, 2.05) is 19.1 Å². The lowest BCUT2D eigenvalue weighted by molar-refractivity contribution is 1.63. The van der Waals surface area contributed by atoms with Crippen molar-refractivity contribution in [2.45, 2.75) is 13.2 Å². The van der Waals surface area contributed by atoms with Crippen molar-refractivity contribution in [1.29, 1.82) is 0 Å². The van der Waals surface area contributed by atoms with E-state index in [1.165, 1.54) is 0 Å². The highest BCUT2D eigenvalue weighted by molar-refractivity contribution is 6.09. The second-order valence-corrected chi connectivity index (χ2v) is 0.805. The first-order chi connectivity index (χ1) is 2.41. The van der Waals surface area contributed by atoms with Crippen LogP contribution in [0.3, 0.4) is 0 Å². The first-order valence-electron chi connectivity index (χ1n) is 1.73. The van der Waals surface area contributed by atoms with E-state index in [0.717, 1.165) is 0 Å². The Kier molecular flexibility index (Phi) is 3.66. The molecule has 0 amide bonds. The average Bonchev–Trinajstić information content (AvgIpc) is 1.41. The van der Waals surface area contributed by atoms with Crippen molar-refractivity contribution in [1.82, 2.24) is 0 Å². The molecule has 2 radical (unpaired) electrons. The number of hydrogen-bond donors (Lipinski definition) is 0. The summed E-state index contributed by atoms with van der Waals surface area (Å²) in [7, 11) is 5.05. The van der Waals surface area contributed by atoms with Gasteiger partial charge in [0.15, 0.2) is 0 Å². The highest BCUT2D eigenvalue weighted by atomic mass is 13.5. The Hall–Kier alpha value is -0.195. The fourth-order valence-corrected chi connectivity index (χ4v) is 0.136. The van der Waals surface area contributed by atoms with Crippen LogP contribution in [0.25, 0.3) is 0 Å². The first-order valence-corrected chi connectivity index (χ1v) is 1.73. The molecule has 0 aliphatic carbocycles. The summed E-state index contributed by atoms with van der Waals surface area (Å²) < 4.78 is 0. The lowest BCUT2D eigenvalue weighted by Crippen LogP contribution is -1.51. The van der Waals surface area contributed by atoms with Crippen molar-refractivity contribution in [3.63, 3.8) is 0 Å². The molecule has 0 rings (SSSR count). The Morgan fingerprint density at radius 2 is 2.40 bits per heavy atom. The molecule has 1 heteroatoms. The van der Waals surface area contributed by atoms with Crippen LogP contribution < -0.4 is 0 Å². The Labute approximate surface area is 34.3 Å². The molecule has 0 unspecified atom stereocenters. The van der Waals surface area contributed by atoms with Crippen LogP contribution in [-0.2, 0) is 0 Å². The molecule has 0 N–H and O–H groups in total. The minimum Gasteiger partial charge on any atom is -0.0974 e. The van der Waals surface area contributed by atoms with Gasteiger partial charge in [-0.2, -0.15) is 0 Å². The van der Waals surface area contributed by atoms with E-state index < -0.39 is 0 Å². The molecule has 0 bridgehead atoms. The number of rotatable bonds is 1. The van der Waals surface area contributed by atoms with Crippen LogP contribution in [0.2, 0.25) is 6.32 Å². The predicted octanol–water partition coefficient (Wildman–Crippen LogP) is 1.15.